The van der Waals surface area contributed by atoms with E-state index >= 15 is 0 Å². The maximum absolute atomic E-state index is 11.6. The minimum Gasteiger partial charge on any atom is -0.465 e. The van der Waals surface area contributed by atoms with E-state index in [1.54, 1.807) is 12.1 Å². The van der Waals surface area contributed by atoms with Gasteiger partial charge in [0.15, 0.2) is 0 Å². The fourth-order valence-electron chi connectivity index (χ4n) is 2.32. The number of methoxy groups -OCH3 is 1. The molecule has 2 rings (SSSR count). The van der Waals surface area contributed by atoms with Gasteiger partial charge in [-0.3, -0.25) is 0 Å². The molecule has 2 aromatic rings. The van der Waals surface area contributed by atoms with Crippen LogP contribution in [0.25, 0.3) is 11.1 Å². The lowest BCUT2D eigenvalue weighted by molar-refractivity contribution is 0.0601. The van der Waals surface area contributed by atoms with E-state index in [1.807, 2.05) is 12.1 Å². The lowest BCUT2D eigenvalue weighted by Crippen LogP contribution is -2.16. The summed E-state index contributed by atoms with van der Waals surface area (Å²) in [6.07, 6.45) is 0. The van der Waals surface area contributed by atoms with E-state index in [9.17, 15) is 4.79 Å². The first-order valence-electron chi connectivity index (χ1n) is 8.20. The van der Waals surface area contributed by atoms with Crippen LogP contribution in [0.1, 0.15) is 63.4 Å². The molecule has 0 spiro atoms. The van der Waals surface area contributed by atoms with Crippen LogP contribution >= 0.6 is 0 Å². The molecule has 0 unspecified atom stereocenters. The molecule has 3 heteroatoms. The second-order valence-electron chi connectivity index (χ2n) is 8.14. The largest absolute Gasteiger partial charge is 0.465 e. The van der Waals surface area contributed by atoms with Gasteiger partial charge in [-0.2, -0.15) is 0 Å². The van der Waals surface area contributed by atoms with Crippen LogP contribution < -0.4 is 0 Å². The van der Waals surface area contributed by atoms with Crippen LogP contribution in [0.4, 0.5) is 0 Å². The molecule has 0 saturated carbocycles. The van der Waals surface area contributed by atoms with E-state index in [4.69, 9.17) is 9.15 Å². The van der Waals surface area contributed by atoms with Crippen molar-refractivity contribution in [1.82, 2.24) is 0 Å². The fourth-order valence-corrected chi connectivity index (χ4v) is 2.32. The van der Waals surface area contributed by atoms with Gasteiger partial charge in [-0.15, -0.1) is 0 Å². The highest BCUT2D eigenvalue weighted by Gasteiger charge is 2.33. The Morgan fingerprint density at radius 1 is 0.833 bits per heavy atom. The number of carbonyl (C=O) groups excluding carboxylic acids is 1. The summed E-state index contributed by atoms with van der Waals surface area (Å²) in [7, 11) is 1.39. The number of carbonyl (C=O) groups is 1. The lowest BCUT2D eigenvalue weighted by atomic mass is 9.87. The quantitative estimate of drug-likeness (QED) is 0.531. The smallest absolute Gasteiger partial charge is 0.337 e. The summed E-state index contributed by atoms with van der Waals surface area (Å²) in [5.41, 5.74) is 2.53. The second-order valence-corrected chi connectivity index (χ2v) is 8.14. The Balaban J connectivity index is 2.55. The summed E-state index contributed by atoms with van der Waals surface area (Å²) < 4.78 is 10.9. The van der Waals surface area contributed by atoms with Gasteiger partial charge in [0.1, 0.15) is 0 Å². The molecule has 0 atom stereocenters. The van der Waals surface area contributed by atoms with Crippen molar-refractivity contribution in [2.75, 3.05) is 7.11 Å². The number of rotatable bonds is 2. The van der Waals surface area contributed by atoms with Gasteiger partial charge in [-0.05, 0) is 64.8 Å². The van der Waals surface area contributed by atoms with Crippen LogP contribution in [-0.2, 0) is 15.6 Å². The molecule has 1 heterocycles. The van der Waals surface area contributed by atoms with E-state index in [-0.39, 0.29) is 16.8 Å². The second kappa shape index (κ2) is 6.39. The van der Waals surface area contributed by atoms with Crippen LogP contribution in [0, 0.1) is 0 Å². The maximum atomic E-state index is 11.6. The van der Waals surface area contributed by atoms with Gasteiger partial charge in [-0.25, -0.2) is 9.21 Å². The minimum atomic E-state index is -0.324. The zero-order valence-corrected chi connectivity index (χ0v) is 15.7. The Kier molecular flexibility index (Phi) is 4.84. The monoisotopic (exact) mass is 327 g/mol. The topological polar surface area (TPSA) is 37.6 Å². The number of hydrogen-bond acceptors (Lipinski definition) is 2. The molecule has 0 aliphatic heterocycles. The van der Waals surface area contributed by atoms with Gasteiger partial charge in [0.05, 0.1) is 23.5 Å². The van der Waals surface area contributed by atoms with Crippen molar-refractivity contribution in [3.63, 3.8) is 0 Å². The maximum Gasteiger partial charge on any atom is 0.337 e. The predicted molar refractivity (Wildman–Crippen MR) is 97.3 cm³/mol. The normalized spacial score (nSPS) is 12.1. The summed E-state index contributed by atoms with van der Waals surface area (Å²) in [5.74, 6) is 1.57. The molecule has 0 aliphatic carbocycles. The molecule has 1 aromatic carbocycles. The van der Waals surface area contributed by atoms with Crippen molar-refractivity contribution in [3.05, 3.63) is 53.5 Å². The molecular formula is C21H27O3+. The van der Waals surface area contributed by atoms with E-state index in [1.165, 1.54) is 7.11 Å². The van der Waals surface area contributed by atoms with E-state index in [2.05, 4.69) is 53.7 Å². The molecule has 24 heavy (non-hydrogen) atoms. The molecular weight excluding hydrogens is 300 g/mol. The Bertz CT molecular complexity index is 697. The fraction of sp³-hybridized carbons (Fsp3) is 0.429. The summed E-state index contributed by atoms with van der Waals surface area (Å²) >= 11 is 0. The van der Waals surface area contributed by atoms with Gasteiger partial charge >= 0.3 is 17.5 Å². The van der Waals surface area contributed by atoms with E-state index in [0.717, 1.165) is 22.6 Å². The Hall–Kier alpha value is -2.16. The van der Waals surface area contributed by atoms with Crippen LogP contribution in [0.5, 0.6) is 0 Å². The zero-order valence-electron chi connectivity index (χ0n) is 15.7. The van der Waals surface area contributed by atoms with Crippen molar-refractivity contribution < 1.29 is 13.9 Å². The van der Waals surface area contributed by atoms with Crippen molar-refractivity contribution in [2.45, 2.75) is 52.4 Å². The molecule has 0 saturated heterocycles. The van der Waals surface area contributed by atoms with E-state index in [0.29, 0.717) is 5.56 Å². The highest BCUT2D eigenvalue weighted by Crippen LogP contribution is 2.34. The highest BCUT2D eigenvalue weighted by molar-refractivity contribution is 5.90. The third-order valence-electron chi connectivity index (χ3n) is 3.91. The highest BCUT2D eigenvalue weighted by atomic mass is 16.5. The first kappa shape index (κ1) is 18.2. The first-order chi connectivity index (χ1) is 11.0. The molecule has 1 aromatic heterocycles. The lowest BCUT2D eigenvalue weighted by Gasteiger charge is -2.15. The van der Waals surface area contributed by atoms with Crippen LogP contribution in [0.2, 0.25) is 0 Å². The van der Waals surface area contributed by atoms with Crippen molar-refractivity contribution in [3.8, 4) is 11.1 Å². The van der Waals surface area contributed by atoms with Gasteiger partial charge in [0.25, 0.3) is 0 Å². The minimum absolute atomic E-state index is 0.0814. The SMILES string of the molecule is COC(=O)c1ccc(-c2cc(C(C)(C)C)[o+]c(C(C)(C)C)c2)cc1. The van der Waals surface area contributed by atoms with E-state index < -0.39 is 0 Å². The molecule has 128 valence electrons. The molecule has 3 nitrogen and oxygen atoms in total. The molecule has 0 bridgehead atoms. The van der Waals surface area contributed by atoms with Gasteiger partial charge in [0.2, 0.25) is 0 Å². The Morgan fingerprint density at radius 2 is 1.29 bits per heavy atom. The van der Waals surface area contributed by atoms with Crippen molar-refractivity contribution in [1.29, 1.82) is 0 Å². The van der Waals surface area contributed by atoms with Crippen molar-refractivity contribution in [2.24, 2.45) is 0 Å². The standard InChI is InChI=1S/C21H27O3/c1-20(2,3)17-12-16(13-18(24-17)21(4,5)6)14-8-10-15(11-9-14)19(22)23-7/h8-13H,1-7H3/q+1. The molecule has 0 N–H and O–H groups in total. The molecule has 0 aliphatic rings. The van der Waals surface area contributed by atoms with Crippen molar-refractivity contribution >= 4 is 5.97 Å². The number of esters is 1. The average Bonchev–Trinajstić information content (AvgIpc) is 2.52. The predicted octanol–water partition coefficient (Wildman–Crippen LogP) is 5.61. The summed E-state index contributed by atoms with van der Waals surface area (Å²) in [6.45, 7) is 12.8. The van der Waals surface area contributed by atoms with Crippen LogP contribution in [0.3, 0.4) is 0 Å². The summed E-state index contributed by atoms with van der Waals surface area (Å²) in [4.78, 5) is 11.6. The van der Waals surface area contributed by atoms with Gasteiger partial charge in [-0.1, -0.05) is 12.1 Å². The van der Waals surface area contributed by atoms with Gasteiger partial charge in [0, 0.05) is 12.1 Å². The zero-order chi connectivity index (χ0) is 18.1. The van der Waals surface area contributed by atoms with Crippen LogP contribution in [-0.4, -0.2) is 13.1 Å². The summed E-state index contributed by atoms with van der Waals surface area (Å²) in [5, 5.41) is 0. The molecule has 0 radical (unpaired) electrons. The average molecular weight is 327 g/mol. The summed E-state index contributed by atoms with van der Waals surface area (Å²) in [6, 6.07) is 11.6. The first-order valence-corrected chi connectivity index (χ1v) is 8.20. The molecule has 0 amide bonds. The Morgan fingerprint density at radius 3 is 1.67 bits per heavy atom. The number of benzene rings is 1. The van der Waals surface area contributed by atoms with Crippen LogP contribution in [0.15, 0.2) is 40.8 Å². The van der Waals surface area contributed by atoms with Gasteiger partial charge < -0.3 is 4.74 Å². The third-order valence-corrected chi connectivity index (χ3v) is 3.91. The molecule has 0 fully saturated rings. The number of hydrogen-bond donors (Lipinski definition) is 0. The Labute approximate surface area is 144 Å². The third kappa shape index (κ3) is 4.02. The number of ether oxygens (including phenoxy) is 1.